The number of benzene rings is 2. The van der Waals surface area contributed by atoms with Crippen molar-refractivity contribution >= 4 is 17.8 Å². The molecule has 7 heteroatoms. The van der Waals surface area contributed by atoms with Gasteiger partial charge in [-0.05, 0) is 48.4 Å². The summed E-state index contributed by atoms with van der Waals surface area (Å²) < 4.78 is 16.6. The average Bonchev–Trinajstić information content (AvgIpc) is 3.11. The van der Waals surface area contributed by atoms with Gasteiger partial charge in [-0.2, -0.15) is 5.01 Å². The minimum absolute atomic E-state index is 0.108. The van der Waals surface area contributed by atoms with Crippen molar-refractivity contribution in [3.63, 3.8) is 0 Å². The van der Waals surface area contributed by atoms with E-state index in [9.17, 15) is 9.59 Å². The fourth-order valence-corrected chi connectivity index (χ4v) is 2.72. The highest BCUT2D eigenvalue weighted by molar-refractivity contribution is 5.83. The number of hydrogen-bond donors (Lipinski definition) is 0. The van der Waals surface area contributed by atoms with Crippen molar-refractivity contribution in [2.45, 2.75) is 33.4 Å². The van der Waals surface area contributed by atoms with Crippen LogP contribution in [0.25, 0.3) is 0 Å². The highest BCUT2D eigenvalue weighted by atomic mass is 16.6. The van der Waals surface area contributed by atoms with Crippen LogP contribution in [0.15, 0.2) is 53.6 Å². The molecule has 0 aromatic heterocycles. The number of esters is 1. The number of aryl methyl sites for hydroxylation is 1. The number of nitrogens with zero attached hydrogens (tertiary/aromatic N) is 2. The molecule has 7 nitrogen and oxygen atoms in total. The molecule has 1 heterocycles. The molecule has 0 bridgehead atoms. The maximum atomic E-state index is 12.0. The second-order valence-electron chi connectivity index (χ2n) is 6.28. The van der Waals surface area contributed by atoms with Crippen LogP contribution in [0.1, 0.15) is 38.1 Å². The first-order chi connectivity index (χ1) is 13.5. The topological polar surface area (TPSA) is 77.4 Å². The van der Waals surface area contributed by atoms with Crippen LogP contribution in [0.4, 0.5) is 0 Å². The number of rotatable bonds is 6. The molecular weight excluding hydrogens is 360 g/mol. The molecule has 1 amide bonds. The Morgan fingerprint density at radius 1 is 1.04 bits per heavy atom. The first-order valence-corrected chi connectivity index (χ1v) is 9.00. The Balaban J connectivity index is 1.67. The van der Waals surface area contributed by atoms with Gasteiger partial charge in [-0.3, -0.25) is 9.59 Å². The number of carbonyl (C=O) groups excluding carboxylic acids is 2. The van der Waals surface area contributed by atoms with E-state index in [1.165, 1.54) is 24.4 Å². The Labute approximate surface area is 163 Å². The molecule has 3 rings (SSSR count). The van der Waals surface area contributed by atoms with Crippen molar-refractivity contribution in [3.05, 3.63) is 59.7 Å². The number of hydrazone groups is 1. The van der Waals surface area contributed by atoms with Crippen LogP contribution in [0.3, 0.4) is 0 Å². The Morgan fingerprint density at radius 3 is 2.25 bits per heavy atom. The number of amides is 1. The van der Waals surface area contributed by atoms with E-state index in [2.05, 4.69) is 12.0 Å². The quantitative estimate of drug-likeness (QED) is 0.565. The summed E-state index contributed by atoms with van der Waals surface area (Å²) in [5, 5.41) is 5.50. The SMILES string of the molecule is CCc1ccc(OCC2=NN(C(C)=O)[C@H](c3ccc(OC(C)=O)cc3)O2)cc1. The van der Waals surface area contributed by atoms with Crippen molar-refractivity contribution < 1.29 is 23.8 Å². The fraction of sp³-hybridized carbons (Fsp3) is 0.286. The van der Waals surface area contributed by atoms with Gasteiger partial charge in [0, 0.05) is 19.4 Å². The minimum atomic E-state index is -0.690. The second kappa shape index (κ2) is 8.56. The lowest BCUT2D eigenvalue weighted by atomic mass is 10.2. The summed E-state index contributed by atoms with van der Waals surface area (Å²) in [6.07, 6.45) is 0.270. The maximum Gasteiger partial charge on any atom is 0.308 e. The Bertz CT molecular complexity index is 875. The highest BCUT2D eigenvalue weighted by Crippen LogP contribution is 2.29. The molecule has 0 saturated heterocycles. The van der Waals surface area contributed by atoms with Gasteiger partial charge in [0.25, 0.3) is 0 Å². The molecule has 0 radical (unpaired) electrons. The zero-order valence-corrected chi connectivity index (χ0v) is 16.0. The Morgan fingerprint density at radius 2 is 1.68 bits per heavy atom. The molecule has 1 aliphatic rings. The van der Waals surface area contributed by atoms with Gasteiger partial charge in [0.15, 0.2) is 6.61 Å². The van der Waals surface area contributed by atoms with Gasteiger partial charge in [0.05, 0.1) is 0 Å². The van der Waals surface area contributed by atoms with Crippen LogP contribution in [0.5, 0.6) is 11.5 Å². The molecule has 146 valence electrons. The summed E-state index contributed by atoms with van der Waals surface area (Å²) in [7, 11) is 0. The molecule has 0 saturated carbocycles. The summed E-state index contributed by atoms with van der Waals surface area (Å²) >= 11 is 0. The molecule has 1 aliphatic heterocycles. The summed E-state index contributed by atoms with van der Waals surface area (Å²) in [4.78, 5) is 23.0. The Kier molecular flexibility index (Phi) is 5.93. The second-order valence-corrected chi connectivity index (χ2v) is 6.28. The molecule has 0 unspecified atom stereocenters. The normalized spacial score (nSPS) is 15.6. The smallest absolute Gasteiger partial charge is 0.308 e. The van der Waals surface area contributed by atoms with E-state index in [4.69, 9.17) is 14.2 Å². The third-order valence-corrected chi connectivity index (χ3v) is 4.13. The lowest BCUT2D eigenvalue weighted by Crippen LogP contribution is -2.25. The molecular formula is C21H22N2O5. The first kappa shape index (κ1) is 19.4. The predicted molar refractivity (Wildman–Crippen MR) is 103 cm³/mol. The molecule has 1 atom stereocenters. The molecule has 0 aliphatic carbocycles. The van der Waals surface area contributed by atoms with Crippen LogP contribution in [0, 0.1) is 0 Å². The van der Waals surface area contributed by atoms with Crippen molar-refractivity contribution in [1.29, 1.82) is 0 Å². The molecule has 28 heavy (non-hydrogen) atoms. The van der Waals surface area contributed by atoms with Crippen molar-refractivity contribution in [2.75, 3.05) is 6.61 Å². The summed E-state index contributed by atoms with van der Waals surface area (Å²) in [6.45, 7) is 4.95. The van der Waals surface area contributed by atoms with Gasteiger partial charge in [0.1, 0.15) is 11.5 Å². The molecule has 0 N–H and O–H groups in total. The number of carbonyl (C=O) groups is 2. The first-order valence-electron chi connectivity index (χ1n) is 9.00. The highest BCUT2D eigenvalue weighted by Gasteiger charge is 2.32. The van der Waals surface area contributed by atoms with E-state index >= 15 is 0 Å². The van der Waals surface area contributed by atoms with Gasteiger partial charge >= 0.3 is 5.97 Å². The van der Waals surface area contributed by atoms with E-state index in [0.29, 0.717) is 23.0 Å². The van der Waals surface area contributed by atoms with E-state index in [1.807, 2.05) is 24.3 Å². The summed E-state index contributed by atoms with van der Waals surface area (Å²) in [5.41, 5.74) is 1.93. The van der Waals surface area contributed by atoms with Gasteiger partial charge in [-0.25, -0.2) is 0 Å². The Hall–Kier alpha value is -3.35. The van der Waals surface area contributed by atoms with E-state index in [0.717, 1.165) is 6.42 Å². The standard InChI is InChI=1S/C21H22N2O5/c1-4-16-5-9-18(10-6-16)26-13-20-22-23(14(2)24)21(28-20)17-7-11-19(12-8-17)27-15(3)25/h5-12,21H,4,13H2,1-3H3/t21-/m0/s1. The molecule has 0 fully saturated rings. The minimum Gasteiger partial charge on any atom is -0.484 e. The zero-order valence-electron chi connectivity index (χ0n) is 16.0. The van der Waals surface area contributed by atoms with E-state index < -0.39 is 12.2 Å². The molecule has 0 spiro atoms. The van der Waals surface area contributed by atoms with Crippen LogP contribution in [0.2, 0.25) is 0 Å². The summed E-state index contributed by atoms with van der Waals surface area (Å²) in [6, 6.07) is 14.5. The van der Waals surface area contributed by atoms with E-state index in [-0.39, 0.29) is 12.5 Å². The molecule has 2 aromatic rings. The van der Waals surface area contributed by atoms with E-state index in [1.54, 1.807) is 24.3 Å². The third-order valence-electron chi connectivity index (χ3n) is 4.13. The van der Waals surface area contributed by atoms with Crippen molar-refractivity contribution in [3.8, 4) is 11.5 Å². The fourth-order valence-electron chi connectivity index (χ4n) is 2.72. The van der Waals surface area contributed by atoms with Crippen LogP contribution >= 0.6 is 0 Å². The van der Waals surface area contributed by atoms with Gasteiger partial charge < -0.3 is 14.2 Å². The zero-order chi connectivity index (χ0) is 20.1. The van der Waals surface area contributed by atoms with Gasteiger partial charge in [0.2, 0.25) is 18.0 Å². The average molecular weight is 382 g/mol. The summed E-state index contributed by atoms with van der Waals surface area (Å²) in [5.74, 6) is 0.779. The maximum absolute atomic E-state index is 12.0. The lowest BCUT2D eigenvalue weighted by Gasteiger charge is -2.19. The van der Waals surface area contributed by atoms with Gasteiger partial charge in [-0.15, -0.1) is 5.10 Å². The monoisotopic (exact) mass is 382 g/mol. The van der Waals surface area contributed by atoms with Crippen LogP contribution in [-0.4, -0.2) is 29.4 Å². The largest absolute Gasteiger partial charge is 0.484 e. The molecule has 2 aromatic carbocycles. The van der Waals surface area contributed by atoms with Crippen molar-refractivity contribution in [1.82, 2.24) is 5.01 Å². The van der Waals surface area contributed by atoms with Gasteiger partial charge in [-0.1, -0.05) is 19.1 Å². The van der Waals surface area contributed by atoms with Crippen molar-refractivity contribution in [2.24, 2.45) is 5.10 Å². The number of ether oxygens (including phenoxy) is 3. The predicted octanol–water partition coefficient (Wildman–Crippen LogP) is 3.44. The van der Waals surface area contributed by atoms with Crippen LogP contribution in [-0.2, 0) is 20.7 Å². The van der Waals surface area contributed by atoms with Crippen LogP contribution < -0.4 is 9.47 Å². The lowest BCUT2D eigenvalue weighted by molar-refractivity contribution is -0.135. The number of hydrogen-bond acceptors (Lipinski definition) is 6. The third kappa shape index (κ3) is 4.68.